The predicted molar refractivity (Wildman–Crippen MR) is 79.6 cm³/mol. The molecule has 0 aliphatic carbocycles. The molecule has 0 aromatic carbocycles. The number of likely N-dealkylation sites (N-methyl/N-ethyl adjacent to an activating group) is 1. The van der Waals surface area contributed by atoms with E-state index in [-0.39, 0.29) is 17.5 Å². The molecule has 1 aromatic heterocycles. The third-order valence-electron chi connectivity index (χ3n) is 4.17. The number of nitrogens with zero attached hydrogens (tertiary/aromatic N) is 1. The molecule has 0 spiro atoms. The highest BCUT2D eigenvalue weighted by Crippen LogP contribution is 2.26. The molecule has 2 rings (SSSR count). The van der Waals surface area contributed by atoms with E-state index in [1.165, 1.54) is 0 Å². The summed E-state index contributed by atoms with van der Waals surface area (Å²) >= 11 is 0. The quantitative estimate of drug-likeness (QED) is 0.823. The summed E-state index contributed by atoms with van der Waals surface area (Å²) in [5.74, 6) is 0.772. The maximum Gasteiger partial charge on any atom is 0.244 e. The van der Waals surface area contributed by atoms with Crippen molar-refractivity contribution in [1.82, 2.24) is 9.62 Å². The van der Waals surface area contributed by atoms with Crippen molar-refractivity contribution in [2.45, 2.75) is 51.2 Å². The Bertz CT molecular complexity index is 594. The molecule has 6 nitrogen and oxygen atoms in total. The van der Waals surface area contributed by atoms with Crippen LogP contribution >= 0.6 is 0 Å². The number of sulfonamides is 1. The summed E-state index contributed by atoms with van der Waals surface area (Å²) in [6.45, 7) is 7.35. The van der Waals surface area contributed by atoms with Gasteiger partial charge in [0.1, 0.15) is 16.4 Å². The third-order valence-corrected chi connectivity index (χ3v) is 5.78. The van der Waals surface area contributed by atoms with Crippen LogP contribution in [0.3, 0.4) is 0 Å². The van der Waals surface area contributed by atoms with E-state index < -0.39 is 10.0 Å². The minimum atomic E-state index is -3.66. The van der Waals surface area contributed by atoms with Crippen LogP contribution in [-0.2, 0) is 16.6 Å². The smallest absolute Gasteiger partial charge is 0.244 e. The molecule has 1 saturated heterocycles. The highest BCUT2D eigenvalue weighted by molar-refractivity contribution is 7.89. The summed E-state index contributed by atoms with van der Waals surface area (Å²) in [7, 11) is -3.66. The average molecular weight is 316 g/mol. The molecule has 1 aromatic rings. The molecule has 1 atom stereocenters. The highest BCUT2D eigenvalue weighted by Gasteiger charge is 2.29. The zero-order chi connectivity index (χ0) is 15.6. The molecule has 1 aliphatic rings. The second kappa shape index (κ2) is 6.48. The van der Waals surface area contributed by atoms with Crippen molar-refractivity contribution in [3.63, 3.8) is 0 Å². The number of likely N-dealkylation sites (tertiary alicyclic amines) is 1. The van der Waals surface area contributed by atoms with E-state index in [9.17, 15) is 13.5 Å². The van der Waals surface area contributed by atoms with E-state index in [0.29, 0.717) is 23.6 Å². The molecule has 0 saturated carbocycles. The second-order valence-electron chi connectivity index (χ2n) is 5.46. The Morgan fingerprint density at radius 3 is 2.71 bits per heavy atom. The highest BCUT2D eigenvalue weighted by atomic mass is 32.2. The van der Waals surface area contributed by atoms with E-state index >= 15 is 0 Å². The summed E-state index contributed by atoms with van der Waals surface area (Å²) in [4.78, 5) is 2.37. The van der Waals surface area contributed by atoms with Crippen LogP contribution in [0.4, 0.5) is 0 Å². The maximum absolute atomic E-state index is 12.5. The van der Waals surface area contributed by atoms with Gasteiger partial charge >= 0.3 is 0 Å². The van der Waals surface area contributed by atoms with Crippen LogP contribution in [0, 0.1) is 13.8 Å². The van der Waals surface area contributed by atoms with Crippen LogP contribution in [0.15, 0.2) is 9.31 Å². The monoisotopic (exact) mass is 316 g/mol. The molecule has 2 heterocycles. The molecule has 0 bridgehead atoms. The fourth-order valence-electron chi connectivity index (χ4n) is 3.07. The fraction of sp³-hybridized carbons (Fsp3) is 0.714. The minimum absolute atomic E-state index is 0.0866. The Morgan fingerprint density at radius 2 is 2.10 bits per heavy atom. The molecule has 0 radical (unpaired) electrons. The molecular formula is C14H24N2O4S. The number of nitrogens with one attached hydrogen (secondary N) is 1. The average Bonchev–Trinajstić information content (AvgIpc) is 2.99. The minimum Gasteiger partial charge on any atom is -0.465 e. The van der Waals surface area contributed by atoms with Crippen molar-refractivity contribution in [2.75, 3.05) is 19.6 Å². The van der Waals surface area contributed by atoms with Gasteiger partial charge in [0, 0.05) is 18.2 Å². The molecule has 2 N–H and O–H groups in total. The van der Waals surface area contributed by atoms with Crippen molar-refractivity contribution < 1.29 is 17.9 Å². The zero-order valence-electron chi connectivity index (χ0n) is 12.8. The number of rotatable bonds is 6. The standard InChI is InChI=1S/C14H24N2O4S/c1-4-16-7-5-6-12(16)8-15-21(18,19)14-11(3)20-10(2)13(14)9-17/h12,15,17H,4-9H2,1-3H3. The van der Waals surface area contributed by atoms with Gasteiger partial charge in [0.25, 0.3) is 0 Å². The predicted octanol–water partition coefficient (Wildman–Crippen LogP) is 1.15. The lowest BCUT2D eigenvalue weighted by Gasteiger charge is -2.22. The van der Waals surface area contributed by atoms with Crippen LogP contribution in [0.1, 0.15) is 36.8 Å². The lowest BCUT2D eigenvalue weighted by molar-refractivity contribution is 0.267. The first kappa shape index (κ1) is 16.5. The summed E-state index contributed by atoms with van der Waals surface area (Å²) in [6.07, 6.45) is 2.11. The van der Waals surface area contributed by atoms with Gasteiger partial charge in [0.2, 0.25) is 10.0 Å². The van der Waals surface area contributed by atoms with E-state index in [2.05, 4.69) is 16.5 Å². The van der Waals surface area contributed by atoms with Crippen molar-refractivity contribution in [3.8, 4) is 0 Å². The van der Waals surface area contributed by atoms with Gasteiger partial charge in [0.05, 0.1) is 6.61 Å². The van der Waals surface area contributed by atoms with Crippen LogP contribution in [-0.4, -0.2) is 44.1 Å². The Balaban J connectivity index is 2.16. The Morgan fingerprint density at radius 1 is 1.38 bits per heavy atom. The summed E-state index contributed by atoms with van der Waals surface area (Å²) in [5.41, 5.74) is 0.346. The molecule has 120 valence electrons. The van der Waals surface area contributed by atoms with Crippen LogP contribution in [0.2, 0.25) is 0 Å². The van der Waals surface area contributed by atoms with Gasteiger partial charge in [-0.25, -0.2) is 13.1 Å². The van der Waals surface area contributed by atoms with E-state index in [1.807, 2.05) is 0 Å². The first-order chi connectivity index (χ1) is 9.90. The normalized spacial score (nSPS) is 20.3. The number of aliphatic hydroxyl groups is 1. The van der Waals surface area contributed by atoms with Gasteiger partial charge in [-0.2, -0.15) is 0 Å². The molecule has 7 heteroatoms. The fourth-order valence-corrected chi connectivity index (χ4v) is 4.57. The second-order valence-corrected chi connectivity index (χ2v) is 7.16. The first-order valence-electron chi connectivity index (χ1n) is 7.34. The van der Waals surface area contributed by atoms with E-state index in [4.69, 9.17) is 4.42 Å². The van der Waals surface area contributed by atoms with Crippen molar-refractivity contribution in [1.29, 1.82) is 0 Å². The number of hydrogen-bond donors (Lipinski definition) is 2. The van der Waals surface area contributed by atoms with E-state index in [1.54, 1.807) is 13.8 Å². The number of furan rings is 1. The summed E-state index contributed by atoms with van der Waals surface area (Å²) in [5, 5.41) is 9.38. The third kappa shape index (κ3) is 3.31. The lowest BCUT2D eigenvalue weighted by atomic mass is 10.2. The molecule has 21 heavy (non-hydrogen) atoms. The first-order valence-corrected chi connectivity index (χ1v) is 8.82. The van der Waals surface area contributed by atoms with Gasteiger partial charge in [-0.15, -0.1) is 0 Å². The topological polar surface area (TPSA) is 82.8 Å². The summed E-state index contributed by atoms with van der Waals surface area (Å²) in [6, 6.07) is 0.246. The van der Waals surface area contributed by atoms with Crippen molar-refractivity contribution >= 4 is 10.0 Å². The molecule has 1 fully saturated rings. The number of aryl methyl sites for hydroxylation is 2. The van der Waals surface area contributed by atoms with Gasteiger partial charge in [0.15, 0.2) is 0 Å². The SMILES string of the molecule is CCN1CCCC1CNS(=O)(=O)c1c(C)oc(C)c1CO. The number of aliphatic hydroxyl groups excluding tert-OH is 1. The maximum atomic E-state index is 12.5. The van der Waals surface area contributed by atoms with E-state index in [0.717, 1.165) is 25.9 Å². The Labute approximate surface area is 126 Å². The van der Waals surface area contributed by atoms with Crippen molar-refractivity contribution in [3.05, 3.63) is 17.1 Å². The van der Waals surface area contributed by atoms with Gasteiger partial charge in [-0.3, -0.25) is 4.90 Å². The summed E-state index contributed by atoms with van der Waals surface area (Å²) < 4.78 is 33.0. The lowest BCUT2D eigenvalue weighted by Crippen LogP contribution is -2.40. The van der Waals surface area contributed by atoms with Gasteiger partial charge < -0.3 is 9.52 Å². The van der Waals surface area contributed by atoms with Gasteiger partial charge in [-0.05, 0) is 39.8 Å². The molecule has 1 aliphatic heterocycles. The number of hydrogen-bond acceptors (Lipinski definition) is 5. The molecular weight excluding hydrogens is 292 g/mol. The largest absolute Gasteiger partial charge is 0.465 e. The molecule has 1 unspecified atom stereocenters. The Kier molecular flexibility index (Phi) is 5.08. The molecule has 0 amide bonds. The zero-order valence-corrected chi connectivity index (χ0v) is 13.7. The van der Waals surface area contributed by atoms with Crippen LogP contribution in [0.25, 0.3) is 0 Å². The van der Waals surface area contributed by atoms with Crippen LogP contribution < -0.4 is 4.72 Å². The Hall–Kier alpha value is -0.890. The van der Waals surface area contributed by atoms with Gasteiger partial charge in [-0.1, -0.05) is 6.92 Å². The van der Waals surface area contributed by atoms with Crippen molar-refractivity contribution in [2.24, 2.45) is 0 Å². The van der Waals surface area contributed by atoms with Crippen LogP contribution in [0.5, 0.6) is 0 Å².